The molecule has 1 aliphatic heterocycles. The summed E-state index contributed by atoms with van der Waals surface area (Å²) in [6.07, 6.45) is 8.26. The van der Waals surface area contributed by atoms with Gasteiger partial charge in [-0.2, -0.15) is 13.5 Å². The average molecular weight is 362 g/mol. The predicted octanol–water partition coefficient (Wildman–Crippen LogP) is 2.57. The Kier molecular flexibility index (Phi) is 5.11. The lowest BCUT2D eigenvalue weighted by Gasteiger charge is -2.34. The molecular weight excluding hydrogens is 336 g/mol. The molecule has 3 aliphatic rings. The molecule has 1 atom stereocenters. The summed E-state index contributed by atoms with van der Waals surface area (Å²) in [5.74, 6) is -0.125. The molecule has 136 valence electrons. The summed E-state index contributed by atoms with van der Waals surface area (Å²) in [7, 11) is 0. The molecule has 0 unspecified atom stereocenters. The fourth-order valence-corrected chi connectivity index (χ4v) is 4.87. The quantitative estimate of drug-likeness (QED) is 0.627. The second-order valence-corrected chi connectivity index (χ2v) is 7.57. The highest BCUT2D eigenvalue weighted by atomic mass is 32.1. The number of nitrogens with zero attached hydrogens (tertiary/aromatic N) is 1. The maximum absolute atomic E-state index is 13.1. The van der Waals surface area contributed by atoms with Gasteiger partial charge in [0.1, 0.15) is 0 Å². The number of hydrogen-bond donors (Lipinski definition) is 2. The Morgan fingerprint density at radius 3 is 2.68 bits per heavy atom. The number of fused-ring (bicyclic) bond motifs is 1. The minimum atomic E-state index is -0.484. The van der Waals surface area contributed by atoms with Gasteiger partial charge in [0.15, 0.2) is 0 Å². The van der Waals surface area contributed by atoms with Crippen LogP contribution in [0, 0.1) is 5.41 Å². The largest absolute Gasteiger partial charge is 0.339 e. The average Bonchev–Trinajstić information content (AvgIpc) is 3.23. The first kappa shape index (κ1) is 18.3. The smallest absolute Gasteiger partial charge is 0.274 e. The SMILES string of the molecule is O=C(NO)c1ccc2c(c1)CC[C@@]1(CCN(C3CCCC3)C1=O)C2.S. The molecule has 1 heterocycles. The van der Waals surface area contributed by atoms with E-state index in [1.807, 2.05) is 12.1 Å². The van der Waals surface area contributed by atoms with Crippen molar-refractivity contribution in [2.75, 3.05) is 6.54 Å². The van der Waals surface area contributed by atoms with Gasteiger partial charge < -0.3 is 4.90 Å². The fourth-order valence-electron chi connectivity index (χ4n) is 4.87. The second-order valence-electron chi connectivity index (χ2n) is 7.57. The van der Waals surface area contributed by atoms with Crippen LogP contribution in [0.2, 0.25) is 0 Å². The number of hydrogen-bond acceptors (Lipinski definition) is 3. The molecule has 2 N–H and O–H groups in total. The highest BCUT2D eigenvalue weighted by Crippen LogP contribution is 2.45. The molecule has 2 fully saturated rings. The van der Waals surface area contributed by atoms with E-state index < -0.39 is 5.91 Å². The van der Waals surface area contributed by atoms with Crippen molar-refractivity contribution in [1.29, 1.82) is 0 Å². The maximum atomic E-state index is 13.1. The Labute approximate surface area is 155 Å². The van der Waals surface area contributed by atoms with Crippen molar-refractivity contribution >= 4 is 25.3 Å². The van der Waals surface area contributed by atoms with E-state index in [9.17, 15) is 9.59 Å². The topological polar surface area (TPSA) is 69.6 Å². The lowest BCUT2D eigenvalue weighted by atomic mass is 9.70. The lowest BCUT2D eigenvalue weighted by molar-refractivity contribution is -0.138. The Bertz CT molecular complexity index is 687. The number of likely N-dealkylation sites (tertiary alicyclic amines) is 1. The summed E-state index contributed by atoms with van der Waals surface area (Å²) in [5, 5.41) is 8.78. The Balaban J connectivity index is 0.00000182. The van der Waals surface area contributed by atoms with Crippen molar-refractivity contribution in [3.8, 4) is 0 Å². The standard InChI is InChI=1S/C19H24N2O3.H2S/c22-17(20-24)14-5-6-15-12-19(8-7-13(15)11-14)9-10-21(18(19)23)16-3-1-2-4-16;/h5-6,11,16,24H,1-4,7-10,12H2,(H,20,22);1H2/t19-;/m1./s1. The molecule has 2 aliphatic carbocycles. The molecule has 1 saturated heterocycles. The number of hydroxylamine groups is 1. The number of amides is 2. The van der Waals surface area contributed by atoms with Gasteiger partial charge in [0, 0.05) is 18.2 Å². The van der Waals surface area contributed by atoms with Gasteiger partial charge in [0.25, 0.3) is 5.91 Å². The van der Waals surface area contributed by atoms with Crippen LogP contribution in [0.25, 0.3) is 0 Å². The van der Waals surface area contributed by atoms with Crippen LogP contribution in [0.5, 0.6) is 0 Å². The van der Waals surface area contributed by atoms with Crippen LogP contribution in [0.15, 0.2) is 18.2 Å². The van der Waals surface area contributed by atoms with Crippen molar-refractivity contribution in [1.82, 2.24) is 10.4 Å². The van der Waals surface area contributed by atoms with E-state index in [-0.39, 0.29) is 18.9 Å². The second kappa shape index (κ2) is 7.00. The van der Waals surface area contributed by atoms with Gasteiger partial charge >= 0.3 is 0 Å². The highest BCUT2D eigenvalue weighted by Gasteiger charge is 2.49. The summed E-state index contributed by atoms with van der Waals surface area (Å²) < 4.78 is 0. The lowest BCUT2D eigenvalue weighted by Crippen LogP contribution is -2.42. The summed E-state index contributed by atoms with van der Waals surface area (Å²) in [6, 6.07) is 6.00. The van der Waals surface area contributed by atoms with Crippen molar-refractivity contribution in [2.45, 2.75) is 57.4 Å². The molecule has 1 aromatic carbocycles. The number of carbonyl (C=O) groups excluding carboxylic acids is 2. The number of nitrogens with one attached hydrogen (secondary N) is 1. The maximum Gasteiger partial charge on any atom is 0.274 e. The first-order valence-corrected chi connectivity index (χ1v) is 9.00. The minimum Gasteiger partial charge on any atom is -0.339 e. The molecule has 1 saturated carbocycles. The van der Waals surface area contributed by atoms with Crippen LogP contribution in [0.4, 0.5) is 0 Å². The molecule has 0 radical (unpaired) electrons. The van der Waals surface area contributed by atoms with Crippen LogP contribution < -0.4 is 5.48 Å². The van der Waals surface area contributed by atoms with Crippen molar-refractivity contribution in [3.63, 3.8) is 0 Å². The third-order valence-corrected chi connectivity index (χ3v) is 6.28. The predicted molar refractivity (Wildman–Crippen MR) is 99.1 cm³/mol. The zero-order valence-electron chi connectivity index (χ0n) is 14.4. The van der Waals surface area contributed by atoms with Gasteiger partial charge in [0.05, 0.1) is 5.41 Å². The van der Waals surface area contributed by atoms with Gasteiger partial charge in [-0.3, -0.25) is 14.8 Å². The molecule has 2 amide bonds. The van der Waals surface area contributed by atoms with Gasteiger partial charge in [-0.15, -0.1) is 0 Å². The zero-order chi connectivity index (χ0) is 16.7. The molecule has 25 heavy (non-hydrogen) atoms. The van der Waals surface area contributed by atoms with Crippen LogP contribution >= 0.6 is 13.5 Å². The molecule has 1 aromatic rings. The van der Waals surface area contributed by atoms with E-state index in [1.54, 1.807) is 11.5 Å². The summed E-state index contributed by atoms with van der Waals surface area (Å²) in [4.78, 5) is 26.9. The number of benzene rings is 1. The van der Waals surface area contributed by atoms with Gasteiger partial charge in [-0.05, 0) is 61.8 Å². The van der Waals surface area contributed by atoms with Gasteiger partial charge in [-0.1, -0.05) is 18.9 Å². The van der Waals surface area contributed by atoms with E-state index >= 15 is 0 Å². The third-order valence-electron chi connectivity index (χ3n) is 6.28. The third kappa shape index (κ3) is 3.06. The highest BCUT2D eigenvalue weighted by molar-refractivity contribution is 7.59. The molecule has 1 spiro atoms. The molecule has 6 heteroatoms. The monoisotopic (exact) mass is 362 g/mol. The number of rotatable bonds is 2. The van der Waals surface area contributed by atoms with Gasteiger partial charge in [-0.25, -0.2) is 5.48 Å². The van der Waals surface area contributed by atoms with Crippen LogP contribution in [-0.2, 0) is 17.6 Å². The minimum absolute atomic E-state index is 0. The zero-order valence-corrected chi connectivity index (χ0v) is 15.4. The van der Waals surface area contributed by atoms with Crippen LogP contribution in [-0.4, -0.2) is 34.5 Å². The van der Waals surface area contributed by atoms with Crippen molar-refractivity contribution in [3.05, 3.63) is 34.9 Å². The van der Waals surface area contributed by atoms with Crippen LogP contribution in [0.3, 0.4) is 0 Å². The van der Waals surface area contributed by atoms with E-state index in [4.69, 9.17) is 5.21 Å². The Morgan fingerprint density at radius 1 is 1.20 bits per heavy atom. The molecule has 0 bridgehead atoms. The molecule has 4 rings (SSSR count). The van der Waals surface area contributed by atoms with E-state index in [2.05, 4.69) is 4.90 Å². The van der Waals surface area contributed by atoms with E-state index in [1.165, 1.54) is 18.4 Å². The first-order valence-electron chi connectivity index (χ1n) is 9.00. The Hall–Kier alpha value is -1.53. The van der Waals surface area contributed by atoms with Crippen molar-refractivity contribution in [2.24, 2.45) is 5.41 Å². The number of aryl methyl sites for hydroxylation is 1. The summed E-state index contributed by atoms with van der Waals surface area (Å²) in [6.45, 7) is 0.907. The first-order chi connectivity index (χ1) is 11.6. The number of carbonyl (C=O) groups is 2. The normalized spacial score (nSPS) is 25.8. The Morgan fingerprint density at radius 2 is 1.96 bits per heavy atom. The van der Waals surface area contributed by atoms with Crippen LogP contribution in [0.1, 0.15) is 60.0 Å². The summed E-state index contributed by atoms with van der Waals surface area (Å²) in [5.41, 5.74) is 4.24. The molecular formula is C19H26N2O3S. The fraction of sp³-hybridized carbons (Fsp3) is 0.579. The van der Waals surface area contributed by atoms with E-state index in [0.717, 1.165) is 50.6 Å². The van der Waals surface area contributed by atoms with E-state index in [0.29, 0.717) is 17.5 Å². The molecule has 0 aromatic heterocycles. The molecule has 5 nitrogen and oxygen atoms in total. The van der Waals surface area contributed by atoms with Crippen molar-refractivity contribution < 1.29 is 14.8 Å². The summed E-state index contributed by atoms with van der Waals surface area (Å²) >= 11 is 0. The van der Waals surface area contributed by atoms with Gasteiger partial charge in [0.2, 0.25) is 5.91 Å².